The van der Waals surface area contributed by atoms with Gasteiger partial charge in [-0.25, -0.2) is 0 Å². The summed E-state index contributed by atoms with van der Waals surface area (Å²) in [6.45, 7) is 5.56. The maximum Gasteiger partial charge on any atom is 0.0450 e. The molecule has 2 rings (SSSR count). The molecule has 0 aliphatic carbocycles. The molecule has 21 heavy (non-hydrogen) atoms. The molecule has 1 aromatic heterocycles. The predicted molar refractivity (Wildman–Crippen MR) is 96.6 cm³/mol. The van der Waals surface area contributed by atoms with Gasteiger partial charge in [-0.05, 0) is 69.0 Å². The van der Waals surface area contributed by atoms with E-state index < -0.39 is 0 Å². The summed E-state index contributed by atoms with van der Waals surface area (Å²) in [6, 6.07) is 11.2. The smallest absolute Gasteiger partial charge is 0.0450 e. The lowest BCUT2D eigenvalue weighted by Crippen LogP contribution is -2.14. The zero-order valence-electron chi connectivity index (χ0n) is 13.4. The summed E-state index contributed by atoms with van der Waals surface area (Å²) in [7, 11) is 4.31. The third kappa shape index (κ3) is 4.87. The fraction of sp³-hybridized carbons (Fsp3) is 0.444. The average molecular weight is 320 g/mol. The van der Waals surface area contributed by atoms with Gasteiger partial charge in [0.15, 0.2) is 0 Å². The molecule has 0 spiro atoms. The van der Waals surface area contributed by atoms with Gasteiger partial charge in [-0.3, -0.25) is 0 Å². The molecule has 3 heteroatoms. The molecule has 1 nitrogen and oxygen atoms in total. The molecule has 114 valence electrons. The number of aryl methyl sites for hydroxylation is 2. The molecule has 0 N–H and O–H groups in total. The van der Waals surface area contributed by atoms with Crippen molar-refractivity contribution in [1.82, 2.24) is 4.90 Å². The Hall–Kier alpha value is -0.770. The highest BCUT2D eigenvalue weighted by molar-refractivity contribution is 7.99. The van der Waals surface area contributed by atoms with Crippen LogP contribution in [0.2, 0.25) is 0 Å². The quantitative estimate of drug-likeness (QED) is 0.628. The minimum Gasteiger partial charge on any atom is -0.309 e. The van der Waals surface area contributed by atoms with E-state index >= 15 is 0 Å². The Morgan fingerprint density at radius 2 is 2.00 bits per heavy atom. The summed E-state index contributed by atoms with van der Waals surface area (Å²) in [4.78, 5) is 5.22. The van der Waals surface area contributed by atoms with E-state index in [0.717, 1.165) is 13.0 Å². The summed E-state index contributed by atoms with van der Waals surface area (Å²) in [5, 5.41) is 2.82. The summed E-state index contributed by atoms with van der Waals surface area (Å²) in [5.41, 5.74) is 2.85. The van der Waals surface area contributed by atoms with Crippen molar-refractivity contribution in [2.24, 2.45) is 0 Å². The lowest BCUT2D eigenvalue weighted by Gasteiger charge is -2.19. The third-order valence-electron chi connectivity index (χ3n) is 3.53. The SMILES string of the molecule is CCc1ccccc1SC(CCN(C)C)c1cc(C)cs1. The number of rotatable bonds is 7. The molecule has 0 radical (unpaired) electrons. The Morgan fingerprint density at radius 3 is 2.62 bits per heavy atom. The highest BCUT2D eigenvalue weighted by Crippen LogP contribution is 2.41. The van der Waals surface area contributed by atoms with Crippen molar-refractivity contribution in [2.45, 2.75) is 36.8 Å². The van der Waals surface area contributed by atoms with Crippen LogP contribution in [-0.2, 0) is 6.42 Å². The second-order valence-electron chi connectivity index (χ2n) is 5.69. The van der Waals surface area contributed by atoms with E-state index in [1.54, 1.807) is 0 Å². The van der Waals surface area contributed by atoms with Crippen molar-refractivity contribution < 1.29 is 0 Å². The van der Waals surface area contributed by atoms with E-state index in [-0.39, 0.29) is 0 Å². The summed E-state index contributed by atoms with van der Waals surface area (Å²) < 4.78 is 0. The first-order valence-electron chi connectivity index (χ1n) is 7.54. The maximum absolute atomic E-state index is 2.35. The maximum atomic E-state index is 2.35. The lowest BCUT2D eigenvalue weighted by molar-refractivity contribution is 0.399. The molecule has 1 aromatic carbocycles. The predicted octanol–water partition coefficient (Wildman–Crippen LogP) is 5.40. The van der Waals surface area contributed by atoms with Crippen LogP contribution in [0.15, 0.2) is 40.6 Å². The molecule has 2 aromatic rings. The zero-order valence-corrected chi connectivity index (χ0v) is 15.1. The monoisotopic (exact) mass is 319 g/mol. The van der Waals surface area contributed by atoms with E-state index in [9.17, 15) is 0 Å². The van der Waals surface area contributed by atoms with Crippen LogP contribution in [0.4, 0.5) is 0 Å². The van der Waals surface area contributed by atoms with Gasteiger partial charge < -0.3 is 4.90 Å². The molecule has 0 saturated carbocycles. The van der Waals surface area contributed by atoms with Crippen LogP contribution < -0.4 is 0 Å². The summed E-state index contributed by atoms with van der Waals surface area (Å²) in [5.74, 6) is 0. The first-order valence-corrected chi connectivity index (χ1v) is 9.30. The van der Waals surface area contributed by atoms with Gasteiger partial charge in [0.25, 0.3) is 0 Å². The fourth-order valence-electron chi connectivity index (χ4n) is 2.32. The molecule has 0 amide bonds. The highest BCUT2D eigenvalue weighted by Gasteiger charge is 2.16. The Bertz CT molecular complexity index is 560. The number of hydrogen-bond donors (Lipinski definition) is 0. The van der Waals surface area contributed by atoms with E-state index in [4.69, 9.17) is 0 Å². The highest BCUT2D eigenvalue weighted by atomic mass is 32.2. The van der Waals surface area contributed by atoms with E-state index in [0.29, 0.717) is 5.25 Å². The molecule has 0 fully saturated rings. The Kier molecular flexibility index (Phi) is 6.34. The van der Waals surface area contributed by atoms with Crippen molar-refractivity contribution in [3.63, 3.8) is 0 Å². The number of thiophene rings is 1. The van der Waals surface area contributed by atoms with Crippen LogP contribution in [0.1, 0.15) is 34.6 Å². The molecule has 0 saturated heterocycles. The molecule has 0 aliphatic heterocycles. The third-order valence-corrected chi connectivity index (χ3v) is 6.27. The topological polar surface area (TPSA) is 3.24 Å². The van der Waals surface area contributed by atoms with Crippen LogP contribution in [0.3, 0.4) is 0 Å². The standard InChI is InChI=1S/C18H25NS2/c1-5-15-8-6-7-9-16(15)21-17(10-11-19(3)4)18-12-14(2)13-20-18/h6-9,12-13,17H,5,10-11H2,1-4H3. The van der Waals surface area contributed by atoms with Gasteiger partial charge in [0.1, 0.15) is 0 Å². The van der Waals surface area contributed by atoms with Crippen molar-refractivity contribution >= 4 is 23.1 Å². The first-order chi connectivity index (χ1) is 10.1. The van der Waals surface area contributed by atoms with Crippen LogP contribution in [-0.4, -0.2) is 25.5 Å². The van der Waals surface area contributed by atoms with Crippen molar-refractivity contribution in [3.05, 3.63) is 51.7 Å². The minimum absolute atomic E-state index is 0.554. The zero-order chi connectivity index (χ0) is 15.2. The molecule has 0 bridgehead atoms. The number of benzene rings is 1. The first kappa shape index (κ1) is 16.6. The van der Waals surface area contributed by atoms with Gasteiger partial charge in [-0.1, -0.05) is 25.1 Å². The second-order valence-corrected chi connectivity index (χ2v) is 7.87. The molecule has 1 heterocycles. The van der Waals surface area contributed by atoms with Crippen LogP contribution in [0.5, 0.6) is 0 Å². The average Bonchev–Trinajstić information content (AvgIpc) is 2.90. The van der Waals surface area contributed by atoms with Crippen LogP contribution in [0, 0.1) is 6.92 Å². The molecular weight excluding hydrogens is 294 g/mol. The number of hydrogen-bond acceptors (Lipinski definition) is 3. The molecular formula is C18H25NS2. The Balaban J connectivity index is 2.19. The van der Waals surface area contributed by atoms with Gasteiger partial charge >= 0.3 is 0 Å². The summed E-state index contributed by atoms with van der Waals surface area (Å²) >= 11 is 3.93. The van der Waals surface area contributed by atoms with Crippen LogP contribution >= 0.6 is 23.1 Å². The van der Waals surface area contributed by atoms with Gasteiger partial charge in [0, 0.05) is 15.0 Å². The Labute approximate surface area is 137 Å². The van der Waals surface area contributed by atoms with E-state index in [2.05, 4.69) is 68.6 Å². The Morgan fingerprint density at radius 1 is 1.24 bits per heavy atom. The van der Waals surface area contributed by atoms with Gasteiger partial charge in [-0.2, -0.15) is 0 Å². The summed E-state index contributed by atoms with van der Waals surface area (Å²) in [6.07, 6.45) is 2.29. The van der Waals surface area contributed by atoms with Crippen molar-refractivity contribution in [1.29, 1.82) is 0 Å². The minimum atomic E-state index is 0.554. The fourth-order valence-corrected chi connectivity index (χ4v) is 4.78. The van der Waals surface area contributed by atoms with Gasteiger partial charge in [0.2, 0.25) is 0 Å². The second kappa shape index (κ2) is 8.02. The van der Waals surface area contributed by atoms with Gasteiger partial charge in [0.05, 0.1) is 0 Å². The molecule has 0 aliphatic rings. The van der Waals surface area contributed by atoms with Gasteiger partial charge in [-0.15, -0.1) is 23.1 Å². The van der Waals surface area contributed by atoms with E-state index in [1.807, 2.05) is 23.1 Å². The van der Waals surface area contributed by atoms with Crippen molar-refractivity contribution in [2.75, 3.05) is 20.6 Å². The van der Waals surface area contributed by atoms with E-state index in [1.165, 1.54) is 27.3 Å². The molecule has 1 unspecified atom stereocenters. The van der Waals surface area contributed by atoms with Crippen molar-refractivity contribution in [3.8, 4) is 0 Å². The van der Waals surface area contributed by atoms with Crippen LogP contribution in [0.25, 0.3) is 0 Å². The molecule has 1 atom stereocenters. The normalized spacial score (nSPS) is 12.8. The number of nitrogens with zero attached hydrogens (tertiary/aromatic N) is 1. The number of thioether (sulfide) groups is 1. The lowest BCUT2D eigenvalue weighted by atomic mass is 10.2. The largest absolute Gasteiger partial charge is 0.309 e.